The molecule has 1 aliphatic carbocycles. The Labute approximate surface area is 201 Å². The van der Waals surface area contributed by atoms with Crippen molar-refractivity contribution < 1.29 is 4.79 Å². The Morgan fingerprint density at radius 2 is 1.69 bits per heavy atom. The van der Waals surface area contributed by atoms with Gasteiger partial charge in [0.25, 0.3) is 5.91 Å². The molecule has 0 aliphatic heterocycles. The second kappa shape index (κ2) is 11.0. The first-order valence-corrected chi connectivity index (χ1v) is 12.3. The highest BCUT2D eigenvalue weighted by Crippen LogP contribution is 2.35. The summed E-state index contributed by atoms with van der Waals surface area (Å²) in [5.74, 6) is 0.812. The zero-order valence-electron chi connectivity index (χ0n) is 17.4. The van der Waals surface area contributed by atoms with Gasteiger partial charge in [-0.15, -0.1) is 10.2 Å². The average molecular weight is 488 g/mol. The third-order valence-electron chi connectivity index (χ3n) is 5.31. The zero-order valence-corrected chi connectivity index (χ0v) is 19.7. The van der Waals surface area contributed by atoms with Gasteiger partial charge in [0.1, 0.15) is 0 Å². The van der Waals surface area contributed by atoms with E-state index in [0.29, 0.717) is 16.1 Å². The lowest BCUT2D eigenvalue weighted by atomic mass is 9.95. The predicted octanol–water partition coefficient (Wildman–Crippen LogP) is 6.00. The molecule has 1 N–H and O–H groups in total. The van der Waals surface area contributed by atoms with Gasteiger partial charge >= 0.3 is 0 Å². The fourth-order valence-electron chi connectivity index (χ4n) is 3.73. The minimum atomic E-state index is -0.202. The average Bonchev–Trinajstić information content (AvgIpc) is 3.24. The molecule has 1 amide bonds. The highest BCUT2D eigenvalue weighted by atomic mass is 35.5. The molecule has 2 aromatic carbocycles. The molecule has 1 aromatic heterocycles. The molecule has 1 saturated carbocycles. The quantitative estimate of drug-likeness (QED) is 0.252. The van der Waals surface area contributed by atoms with Crippen molar-refractivity contribution in [1.82, 2.24) is 20.2 Å². The number of amides is 1. The van der Waals surface area contributed by atoms with Gasteiger partial charge in [0.05, 0.1) is 12.0 Å². The maximum Gasteiger partial charge on any atom is 0.250 e. The first-order chi connectivity index (χ1) is 15.6. The lowest BCUT2D eigenvalue weighted by Gasteiger charge is -2.25. The Morgan fingerprint density at radius 3 is 2.38 bits per heavy atom. The van der Waals surface area contributed by atoms with Gasteiger partial charge < -0.3 is 0 Å². The number of hydrazone groups is 1. The summed E-state index contributed by atoms with van der Waals surface area (Å²) in [7, 11) is 0. The monoisotopic (exact) mass is 487 g/mol. The Balaban J connectivity index is 1.44. The summed E-state index contributed by atoms with van der Waals surface area (Å²) < 4.78 is 2.19. The number of carbonyl (C=O) groups excluding carboxylic acids is 1. The van der Waals surface area contributed by atoms with Crippen molar-refractivity contribution >= 4 is 47.1 Å². The van der Waals surface area contributed by atoms with E-state index in [4.69, 9.17) is 23.2 Å². The van der Waals surface area contributed by atoms with E-state index < -0.39 is 0 Å². The fraction of sp³-hybridized carbons (Fsp3) is 0.304. The van der Waals surface area contributed by atoms with Gasteiger partial charge in [0, 0.05) is 21.7 Å². The van der Waals surface area contributed by atoms with Crippen molar-refractivity contribution in [2.75, 3.05) is 5.75 Å². The van der Waals surface area contributed by atoms with E-state index in [-0.39, 0.29) is 11.7 Å². The van der Waals surface area contributed by atoms with E-state index in [1.807, 2.05) is 36.4 Å². The van der Waals surface area contributed by atoms with E-state index >= 15 is 0 Å². The fourth-order valence-corrected chi connectivity index (χ4v) is 4.78. The van der Waals surface area contributed by atoms with Crippen molar-refractivity contribution in [3.8, 4) is 11.4 Å². The predicted molar refractivity (Wildman–Crippen MR) is 131 cm³/mol. The molecular formula is C23H23Cl2N5OS. The summed E-state index contributed by atoms with van der Waals surface area (Å²) in [5, 5.41) is 15.0. The molecular weight excluding hydrogens is 465 g/mol. The number of rotatable bonds is 7. The van der Waals surface area contributed by atoms with Gasteiger partial charge in [-0.1, -0.05) is 66.4 Å². The summed E-state index contributed by atoms with van der Waals surface area (Å²) >= 11 is 13.3. The van der Waals surface area contributed by atoms with E-state index in [0.717, 1.165) is 34.9 Å². The molecule has 0 radical (unpaired) electrons. The molecule has 9 heteroatoms. The lowest BCUT2D eigenvalue weighted by Crippen LogP contribution is -2.20. The number of benzene rings is 2. The molecule has 1 aliphatic rings. The van der Waals surface area contributed by atoms with E-state index in [1.165, 1.54) is 31.0 Å². The van der Waals surface area contributed by atoms with Gasteiger partial charge in [0.15, 0.2) is 11.0 Å². The van der Waals surface area contributed by atoms with Gasteiger partial charge in [-0.2, -0.15) is 5.10 Å². The standard InChI is InChI=1S/C23H23Cl2N5OS/c24-18-10-6-16(7-11-18)14-26-27-21(31)15-32-23-29-28-22(17-8-12-19(25)13-9-17)30(23)20-4-2-1-3-5-20/h6-14,20H,1-5,15H2,(H,27,31). The first-order valence-electron chi connectivity index (χ1n) is 10.5. The number of carbonyl (C=O) groups is 1. The minimum Gasteiger partial charge on any atom is -0.299 e. The molecule has 0 saturated heterocycles. The van der Waals surface area contributed by atoms with Crippen LogP contribution >= 0.6 is 35.0 Å². The van der Waals surface area contributed by atoms with Gasteiger partial charge in [0.2, 0.25) is 0 Å². The number of hydrogen-bond donors (Lipinski definition) is 1. The Hall–Kier alpha value is -2.35. The maximum atomic E-state index is 12.3. The molecule has 32 heavy (non-hydrogen) atoms. The molecule has 1 heterocycles. The number of nitrogens with one attached hydrogen (secondary N) is 1. The van der Waals surface area contributed by atoms with Crippen molar-refractivity contribution in [1.29, 1.82) is 0 Å². The zero-order chi connectivity index (χ0) is 22.3. The molecule has 1 fully saturated rings. The molecule has 0 bridgehead atoms. The minimum absolute atomic E-state index is 0.198. The second-order valence-corrected chi connectivity index (χ2v) is 9.42. The highest BCUT2D eigenvalue weighted by Gasteiger charge is 2.24. The highest BCUT2D eigenvalue weighted by molar-refractivity contribution is 7.99. The van der Waals surface area contributed by atoms with Crippen LogP contribution in [0.4, 0.5) is 0 Å². The number of halogens is 2. The van der Waals surface area contributed by atoms with Crippen LogP contribution in [0.1, 0.15) is 43.7 Å². The Bertz CT molecular complexity index is 1080. The van der Waals surface area contributed by atoms with Crippen molar-refractivity contribution in [2.24, 2.45) is 5.10 Å². The van der Waals surface area contributed by atoms with E-state index in [9.17, 15) is 4.79 Å². The van der Waals surface area contributed by atoms with Gasteiger partial charge in [-0.05, 0) is 54.8 Å². The van der Waals surface area contributed by atoms with Crippen LogP contribution in [-0.4, -0.2) is 32.6 Å². The third kappa shape index (κ3) is 5.91. The summed E-state index contributed by atoms with van der Waals surface area (Å²) in [4.78, 5) is 12.3. The SMILES string of the molecule is O=C(CSc1nnc(-c2ccc(Cl)cc2)n1C1CCCCC1)NN=Cc1ccc(Cl)cc1. The van der Waals surface area contributed by atoms with Crippen molar-refractivity contribution in [3.05, 3.63) is 64.1 Å². The number of hydrogen-bond acceptors (Lipinski definition) is 5. The van der Waals surface area contributed by atoms with Crippen LogP contribution in [0.15, 0.2) is 58.8 Å². The molecule has 4 rings (SSSR count). The van der Waals surface area contributed by atoms with Gasteiger partial charge in [-0.3, -0.25) is 9.36 Å². The van der Waals surface area contributed by atoms with Crippen LogP contribution in [0.3, 0.4) is 0 Å². The maximum absolute atomic E-state index is 12.3. The second-order valence-electron chi connectivity index (χ2n) is 7.61. The topological polar surface area (TPSA) is 72.2 Å². The van der Waals surface area contributed by atoms with E-state index in [1.54, 1.807) is 18.3 Å². The summed E-state index contributed by atoms with van der Waals surface area (Å²) in [6.45, 7) is 0. The smallest absolute Gasteiger partial charge is 0.250 e. The Kier molecular flexibility index (Phi) is 7.84. The third-order valence-corrected chi connectivity index (χ3v) is 6.76. The number of nitrogens with zero attached hydrogens (tertiary/aromatic N) is 4. The first kappa shape index (κ1) is 22.8. The normalized spacial score (nSPS) is 14.7. The van der Waals surface area contributed by atoms with Crippen LogP contribution in [0.2, 0.25) is 10.0 Å². The van der Waals surface area contributed by atoms with Crippen LogP contribution in [0.25, 0.3) is 11.4 Å². The molecule has 166 valence electrons. The van der Waals surface area contributed by atoms with Crippen molar-refractivity contribution in [2.45, 2.75) is 43.3 Å². The van der Waals surface area contributed by atoms with Crippen LogP contribution in [-0.2, 0) is 4.79 Å². The van der Waals surface area contributed by atoms with E-state index in [2.05, 4.69) is 25.3 Å². The summed E-state index contributed by atoms with van der Waals surface area (Å²) in [5.41, 5.74) is 4.39. The lowest BCUT2D eigenvalue weighted by molar-refractivity contribution is -0.118. The number of thioether (sulfide) groups is 1. The van der Waals surface area contributed by atoms with Crippen LogP contribution in [0, 0.1) is 0 Å². The number of aromatic nitrogens is 3. The van der Waals surface area contributed by atoms with Crippen molar-refractivity contribution in [3.63, 3.8) is 0 Å². The molecule has 0 unspecified atom stereocenters. The molecule has 3 aromatic rings. The molecule has 6 nitrogen and oxygen atoms in total. The summed E-state index contributed by atoms with van der Waals surface area (Å²) in [6, 6.07) is 15.2. The van der Waals surface area contributed by atoms with Crippen LogP contribution < -0.4 is 5.43 Å². The van der Waals surface area contributed by atoms with Crippen LogP contribution in [0.5, 0.6) is 0 Å². The summed E-state index contributed by atoms with van der Waals surface area (Å²) in [6.07, 6.45) is 7.39. The molecule has 0 atom stereocenters. The largest absolute Gasteiger partial charge is 0.299 e. The Morgan fingerprint density at radius 1 is 1.03 bits per heavy atom. The molecule has 0 spiro atoms. The van der Waals surface area contributed by atoms with Gasteiger partial charge in [-0.25, -0.2) is 5.43 Å².